The molecule has 3 aromatic rings. The molecule has 2 atom stereocenters. The van der Waals surface area contributed by atoms with Crippen molar-refractivity contribution in [3.63, 3.8) is 0 Å². The summed E-state index contributed by atoms with van der Waals surface area (Å²) in [6, 6.07) is 11.2. The summed E-state index contributed by atoms with van der Waals surface area (Å²) in [6.45, 7) is 2.36. The fourth-order valence-corrected chi connectivity index (χ4v) is 4.59. The number of amidine groups is 1. The van der Waals surface area contributed by atoms with Crippen LogP contribution in [0.5, 0.6) is 0 Å². The fourth-order valence-electron chi connectivity index (χ4n) is 4.59. The van der Waals surface area contributed by atoms with Crippen molar-refractivity contribution in [2.75, 3.05) is 19.6 Å². The Balaban J connectivity index is 1.40. The molecule has 1 aromatic heterocycles. The van der Waals surface area contributed by atoms with E-state index >= 15 is 0 Å². The predicted molar refractivity (Wildman–Crippen MR) is 150 cm³/mol. The number of carbonyl (C=O) groups is 4. The number of aromatic nitrogens is 1. The fraction of sp³-hybridized carbons (Fsp3) is 0.345. The Hall–Kier alpha value is -4.68. The average Bonchev–Trinajstić information content (AvgIpc) is 3.65. The Labute approximate surface area is 239 Å². The number of aliphatic imine (C=N–C) groups is 1. The van der Waals surface area contributed by atoms with Gasteiger partial charge in [0.05, 0.1) is 13.1 Å². The molecule has 5 N–H and O–H groups in total. The predicted octanol–water partition coefficient (Wildman–Crippen LogP) is 1.93. The molecule has 3 amide bonds. The molecule has 13 heteroatoms. The van der Waals surface area contributed by atoms with Gasteiger partial charge < -0.3 is 26.3 Å². The number of aromatic amines is 1. The quantitative estimate of drug-likeness (QED) is 0.221. The maximum atomic E-state index is 13.4. The molecule has 0 aliphatic carbocycles. The summed E-state index contributed by atoms with van der Waals surface area (Å²) in [4.78, 5) is 57.2. The Kier molecular flexibility index (Phi) is 9.60. The van der Waals surface area contributed by atoms with Crippen molar-refractivity contribution in [2.45, 2.75) is 44.4 Å². The van der Waals surface area contributed by atoms with Crippen LogP contribution < -0.4 is 21.3 Å². The van der Waals surface area contributed by atoms with Crippen LogP contribution in [0.15, 0.2) is 59.7 Å². The highest BCUT2D eigenvalue weighted by atomic mass is 19.4. The molecule has 0 saturated heterocycles. The SMILES string of the molecule is CCC(=O)NC(Cc1ccc(C2=NCCN2)cc1)C(=O)NCC(=O)NC(Cc1c[nH]c2ccccc12)C(=O)C(F)(F)F. The molecule has 222 valence electrons. The van der Waals surface area contributed by atoms with Crippen molar-refractivity contribution >= 4 is 40.2 Å². The maximum Gasteiger partial charge on any atom is 0.452 e. The van der Waals surface area contributed by atoms with Gasteiger partial charge in [-0.2, -0.15) is 13.2 Å². The van der Waals surface area contributed by atoms with Crippen LogP contribution in [0.1, 0.15) is 30.0 Å². The first-order valence-corrected chi connectivity index (χ1v) is 13.4. The van der Waals surface area contributed by atoms with Crippen LogP contribution in [-0.2, 0) is 32.0 Å². The van der Waals surface area contributed by atoms with Gasteiger partial charge in [-0.25, -0.2) is 0 Å². The third-order valence-electron chi connectivity index (χ3n) is 6.77. The number of nitrogens with one attached hydrogen (secondary N) is 5. The molecular formula is C29H31F3N6O4. The number of fused-ring (bicyclic) bond motifs is 1. The van der Waals surface area contributed by atoms with Gasteiger partial charge in [-0.05, 0) is 17.2 Å². The van der Waals surface area contributed by atoms with Crippen molar-refractivity contribution in [3.8, 4) is 0 Å². The second kappa shape index (κ2) is 13.3. The minimum atomic E-state index is -5.18. The zero-order chi connectivity index (χ0) is 30.3. The lowest BCUT2D eigenvalue weighted by Crippen LogP contribution is -2.53. The van der Waals surface area contributed by atoms with Gasteiger partial charge in [0.25, 0.3) is 5.78 Å². The van der Waals surface area contributed by atoms with Crippen molar-refractivity contribution in [3.05, 3.63) is 71.4 Å². The number of carbonyl (C=O) groups excluding carboxylic acids is 4. The Morgan fingerprint density at radius 1 is 0.952 bits per heavy atom. The lowest BCUT2D eigenvalue weighted by atomic mass is 10.0. The lowest BCUT2D eigenvalue weighted by molar-refractivity contribution is -0.173. The summed E-state index contributed by atoms with van der Waals surface area (Å²) in [5.41, 5.74) is 2.69. The first kappa shape index (κ1) is 30.3. The molecular weight excluding hydrogens is 553 g/mol. The first-order chi connectivity index (χ1) is 20.0. The molecule has 1 aliphatic heterocycles. The molecule has 0 radical (unpaired) electrons. The second-order valence-corrected chi connectivity index (χ2v) is 9.80. The molecule has 1 aliphatic rings. The van der Waals surface area contributed by atoms with E-state index in [0.717, 1.165) is 23.5 Å². The van der Waals surface area contributed by atoms with Gasteiger partial charge in [-0.15, -0.1) is 0 Å². The van der Waals surface area contributed by atoms with Gasteiger partial charge in [0.15, 0.2) is 0 Å². The van der Waals surface area contributed by atoms with Crippen LogP contribution in [-0.4, -0.2) is 72.2 Å². The molecule has 0 saturated carbocycles. The van der Waals surface area contributed by atoms with Gasteiger partial charge in [-0.1, -0.05) is 49.4 Å². The smallest absolute Gasteiger partial charge is 0.368 e. The molecule has 10 nitrogen and oxygen atoms in total. The number of halogens is 3. The number of hydrogen-bond donors (Lipinski definition) is 5. The highest BCUT2D eigenvalue weighted by Gasteiger charge is 2.44. The Morgan fingerprint density at radius 2 is 1.67 bits per heavy atom. The van der Waals surface area contributed by atoms with Crippen molar-refractivity contribution < 1.29 is 32.3 Å². The summed E-state index contributed by atoms with van der Waals surface area (Å²) >= 11 is 0. The van der Waals surface area contributed by atoms with Crippen LogP contribution >= 0.6 is 0 Å². The van der Waals surface area contributed by atoms with Crippen LogP contribution in [0, 0.1) is 0 Å². The number of ketones is 1. The number of para-hydroxylation sites is 1. The van der Waals surface area contributed by atoms with E-state index in [1.54, 1.807) is 43.3 Å². The van der Waals surface area contributed by atoms with Crippen LogP contribution in [0.4, 0.5) is 13.2 Å². The normalized spacial score (nSPS) is 14.4. The molecule has 0 spiro atoms. The van der Waals surface area contributed by atoms with E-state index in [0.29, 0.717) is 23.0 Å². The number of H-pyrrole nitrogens is 1. The molecule has 2 heterocycles. The highest BCUT2D eigenvalue weighted by Crippen LogP contribution is 2.23. The summed E-state index contributed by atoms with van der Waals surface area (Å²) in [6.07, 6.45) is -3.88. The summed E-state index contributed by atoms with van der Waals surface area (Å²) in [5, 5.41) is 10.9. The Morgan fingerprint density at radius 3 is 2.33 bits per heavy atom. The molecule has 2 unspecified atom stereocenters. The molecule has 0 bridgehead atoms. The van der Waals surface area contributed by atoms with Crippen LogP contribution in [0.25, 0.3) is 10.9 Å². The zero-order valence-electron chi connectivity index (χ0n) is 22.8. The van der Waals surface area contributed by atoms with Gasteiger partial charge in [0, 0.05) is 48.5 Å². The van der Waals surface area contributed by atoms with Gasteiger partial charge in [0.2, 0.25) is 17.7 Å². The van der Waals surface area contributed by atoms with Gasteiger partial charge in [-0.3, -0.25) is 24.2 Å². The van der Waals surface area contributed by atoms with Gasteiger partial charge in [0.1, 0.15) is 17.9 Å². The third-order valence-corrected chi connectivity index (χ3v) is 6.77. The standard InChI is InChI=1S/C29H31F3N6O4/c1-2-24(39)38-23(13-17-7-9-18(10-8-17)27-33-11-12-34-27)28(42)36-16-25(40)37-22(26(41)29(30,31)32)14-19-15-35-21-6-4-3-5-20(19)21/h3-10,15,22-23,35H,2,11-14,16H2,1H3,(H,33,34)(H,36,42)(H,37,40)(H,38,39). The van der Waals surface area contributed by atoms with E-state index in [1.807, 2.05) is 12.1 Å². The topological polar surface area (TPSA) is 145 Å². The van der Waals surface area contributed by atoms with E-state index in [-0.39, 0.29) is 12.8 Å². The maximum absolute atomic E-state index is 13.4. The molecule has 0 fully saturated rings. The minimum Gasteiger partial charge on any atom is -0.368 e. The average molecular weight is 585 g/mol. The van der Waals surface area contributed by atoms with Crippen molar-refractivity contribution in [1.82, 2.24) is 26.3 Å². The monoisotopic (exact) mass is 584 g/mol. The van der Waals surface area contributed by atoms with Crippen molar-refractivity contribution in [2.24, 2.45) is 4.99 Å². The third kappa shape index (κ3) is 7.74. The lowest BCUT2D eigenvalue weighted by Gasteiger charge is -2.21. The highest BCUT2D eigenvalue weighted by molar-refractivity contribution is 6.00. The second-order valence-electron chi connectivity index (χ2n) is 9.80. The zero-order valence-corrected chi connectivity index (χ0v) is 22.8. The van der Waals surface area contributed by atoms with Crippen LogP contribution in [0.2, 0.25) is 0 Å². The number of amides is 3. The largest absolute Gasteiger partial charge is 0.452 e. The molecule has 42 heavy (non-hydrogen) atoms. The van der Waals surface area contributed by atoms with E-state index in [1.165, 1.54) is 6.20 Å². The van der Waals surface area contributed by atoms with E-state index < -0.39 is 54.7 Å². The minimum absolute atomic E-state index is 0.106. The molecule has 2 aromatic carbocycles. The van der Waals surface area contributed by atoms with Crippen molar-refractivity contribution in [1.29, 1.82) is 0 Å². The van der Waals surface area contributed by atoms with E-state index in [2.05, 4.69) is 31.2 Å². The summed E-state index contributed by atoms with van der Waals surface area (Å²) in [5.74, 6) is -3.42. The van der Waals surface area contributed by atoms with Crippen LogP contribution in [0.3, 0.4) is 0 Å². The number of Topliss-reactive ketones (excluding diaryl/α,β-unsaturated/α-hetero) is 1. The number of rotatable bonds is 12. The number of benzene rings is 2. The number of nitrogens with zero attached hydrogens (tertiary/aromatic N) is 1. The number of hydrogen-bond acceptors (Lipinski definition) is 6. The Bertz CT molecular complexity index is 1480. The summed E-state index contributed by atoms with van der Waals surface area (Å²) in [7, 11) is 0. The first-order valence-electron chi connectivity index (χ1n) is 13.4. The van der Waals surface area contributed by atoms with Gasteiger partial charge >= 0.3 is 6.18 Å². The molecule has 4 rings (SSSR count). The number of alkyl halides is 3. The summed E-state index contributed by atoms with van der Waals surface area (Å²) < 4.78 is 40.1. The van der Waals surface area contributed by atoms with E-state index in [9.17, 15) is 32.3 Å². The van der Waals surface area contributed by atoms with E-state index in [4.69, 9.17) is 0 Å².